The van der Waals surface area contributed by atoms with Gasteiger partial charge >= 0.3 is 6.36 Å². The number of carbonyl (C=O) groups is 1. The van der Waals surface area contributed by atoms with E-state index in [9.17, 15) is 22.4 Å². The van der Waals surface area contributed by atoms with Gasteiger partial charge in [-0.05, 0) is 24.3 Å². The number of hydrogen-bond donors (Lipinski definition) is 2. The van der Waals surface area contributed by atoms with E-state index >= 15 is 0 Å². The van der Waals surface area contributed by atoms with Crippen molar-refractivity contribution >= 4 is 28.6 Å². The van der Waals surface area contributed by atoms with Gasteiger partial charge in [-0.25, -0.2) is 19.3 Å². The van der Waals surface area contributed by atoms with E-state index in [0.29, 0.717) is 28.2 Å². The molecule has 5 aromatic rings. The van der Waals surface area contributed by atoms with Crippen molar-refractivity contribution in [1.29, 1.82) is 0 Å². The largest absolute Gasteiger partial charge is 0.573 e. The number of benzene rings is 1. The van der Waals surface area contributed by atoms with E-state index < -0.39 is 23.8 Å². The van der Waals surface area contributed by atoms with Gasteiger partial charge in [-0.3, -0.25) is 13.6 Å². The number of halogens is 4. The Morgan fingerprint density at radius 1 is 1.08 bits per heavy atom. The lowest BCUT2D eigenvalue weighted by Crippen LogP contribution is -2.18. The second-order valence-electron chi connectivity index (χ2n) is 8.44. The Labute approximate surface area is 220 Å². The number of nitrogen functional groups attached to an aromatic ring is 1. The van der Waals surface area contributed by atoms with Crippen LogP contribution in [0.3, 0.4) is 0 Å². The molecule has 5 rings (SSSR count). The molecule has 1 aromatic carbocycles. The summed E-state index contributed by atoms with van der Waals surface area (Å²) in [5.74, 6) is -1.73. The molecular formula is C26H25F4N7O2. The molecule has 9 nitrogen and oxygen atoms in total. The molecule has 0 unspecified atom stereocenters. The fourth-order valence-corrected chi connectivity index (χ4v) is 3.97. The summed E-state index contributed by atoms with van der Waals surface area (Å²) in [4.78, 5) is 26.1. The van der Waals surface area contributed by atoms with E-state index in [-0.39, 0.29) is 17.3 Å². The van der Waals surface area contributed by atoms with Crippen molar-refractivity contribution in [3.63, 3.8) is 0 Å². The van der Waals surface area contributed by atoms with E-state index in [4.69, 9.17) is 10.7 Å². The molecule has 4 heterocycles. The maximum atomic E-state index is 13.7. The Morgan fingerprint density at radius 3 is 2.51 bits per heavy atom. The lowest BCUT2D eigenvalue weighted by molar-refractivity contribution is -0.275. The second kappa shape index (κ2) is 10.6. The van der Waals surface area contributed by atoms with Crippen LogP contribution in [0.4, 0.5) is 29.1 Å². The smallest absolute Gasteiger partial charge is 0.403 e. The number of hydrogen-bond acceptors (Lipinski definition) is 6. The summed E-state index contributed by atoms with van der Waals surface area (Å²) >= 11 is 0. The van der Waals surface area contributed by atoms with Gasteiger partial charge in [-0.1, -0.05) is 27.7 Å². The molecule has 0 spiro atoms. The number of rotatable bonds is 5. The van der Waals surface area contributed by atoms with Crippen LogP contribution in [0.5, 0.6) is 5.75 Å². The van der Waals surface area contributed by atoms with Crippen molar-refractivity contribution < 1.29 is 27.1 Å². The van der Waals surface area contributed by atoms with E-state index in [2.05, 4.69) is 20.0 Å². The third kappa shape index (κ3) is 5.47. The minimum Gasteiger partial charge on any atom is -0.403 e. The van der Waals surface area contributed by atoms with Crippen LogP contribution in [0.1, 0.15) is 49.9 Å². The van der Waals surface area contributed by atoms with Crippen LogP contribution in [0.2, 0.25) is 0 Å². The van der Waals surface area contributed by atoms with Gasteiger partial charge in [0.15, 0.2) is 11.6 Å². The lowest BCUT2D eigenvalue weighted by atomic mass is 10.1. The molecule has 0 fully saturated rings. The zero-order valence-electron chi connectivity index (χ0n) is 21.4. The highest BCUT2D eigenvalue weighted by molar-refractivity contribution is 6.03. The second-order valence-corrected chi connectivity index (χ2v) is 8.44. The molecule has 204 valence electrons. The Morgan fingerprint density at radius 2 is 1.82 bits per heavy atom. The molecule has 0 atom stereocenters. The molecule has 0 aliphatic rings. The summed E-state index contributed by atoms with van der Waals surface area (Å²) in [6.07, 6.45) is 1.23. The maximum Gasteiger partial charge on any atom is 0.573 e. The molecule has 1 amide bonds. The minimum absolute atomic E-state index is 0.0918. The number of aromatic nitrogens is 5. The van der Waals surface area contributed by atoms with E-state index in [1.165, 1.54) is 10.6 Å². The van der Waals surface area contributed by atoms with Gasteiger partial charge in [0.2, 0.25) is 0 Å². The van der Waals surface area contributed by atoms with Crippen molar-refractivity contribution in [2.24, 2.45) is 0 Å². The number of amides is 1. The van der Waals surface area contributed by atoms with Crippen molar-refractivity contribution in [2.75, 3.05) is 11.1 Å². The number of alkyl halides is 3. The molecule has 0 radical (unpaired) electrons. The maximum absolute atomic E-state index is 13.7. The fourth-order valence-electron chi connectivity index (χ4n) is 3.97. The third-order valence-corrected chi connectivity index (χ3v) is 5.56. The Balaban J connectivity index is 0.00000172. The van der Waals surface area contributed by atoms with Crippen LogP contribution in [0.15, 0.2) is 55.1 Å². The number of nitrogens with zero attached hydrogens (tertiary/aromatic N) is 5. The van der Waals surface area contributed by atoms with Crippen molar-refractivity contribution in [2.45, 2.75) is 40.0 Å². The lowest BCUT2D eigenvalue weighted by Gasteiger charge is -2.11. The van der Waals surface area contributed by atoms with Gasteiger partial charge in [0.25, 0.3) is 5.91 Å². The summed E-state index contributed by atoms with van der Waals surface area (Å²) in [6.45, 7) is 8.02. The molecule has 4 aromatic heterocycles. The molecule has 13 heteroatoms. The third-order valence-electron chi connectivity index (χ3n) is 5.56. The number of nitrogens with one attached hydrogen (secondary N) is 1. The number of fused-ring (bicyclic) bond motifs is 2. The molecule has 0 aliphatic heterocycles. The van der Waals surface area contributed by atoms with Gasteiger partial charge < -0.3 is 15.8 Å². The van der Waals surface area contributed by atoms with Gasteiger partial charge in [-0.15, -0.1) is 13.2 Å². The first-order valence-electron chi connectivity index (χ1n) is 12.0. The normalized spacial score (nSPS) is 11.5. The summed E-state index contributed by atoms with van der Waals surface area (Å²) in [5, 5.41) is 2.43. The highest BCUT2D eigenvalue weighted by atomic mass is 19.4. The van der Waals surface area contributed by atoms with Gasteiger partial charge in [0.05, 0.1) is 6.20 Å². The van der Waals surface area contributed by atoms with Crippen LogP contribution >= 0.6 is 0 Å². The van der Waals surface area contributed by atoms with Crippen LogP contribution in [0, 0.1) is 5.82 Å². The van der Waals surface area contributed by atoms with E-state index in [1.54, 1.807) is 30.7 Å². The van der Waals surface area contributed by atoms with Gasteiger partial charge in [0, 0.05) is 41.8 Å². The zero-order valence-corrected chi connectivity index (χ0v) is 21.4. The summed E-state index contributed by atoms with van der Waals surface area (Å²) in [6, 6.07) is 6.09. The number of nitrogens with two attached hydrogens (primary N) is 1. The van der Waals surface area contributed by atoms with Crippen LogP contribution in [0.25, 0.3) is 22.4 Å². The first kappa shape index (κ1) is 27.4. The fraction of sp³-hybridized carbons (Fsp3) is 0.231. The average molecular weight is 544 g/mol. The molecule has 3 N–H and O–H groups in total. The van der Waals surface area contributed by atoms with E-state index in [1.807, 2.05) is 32.1 Å². The molecule has 0 bridgehead atoms. The van der Waals surface area contributed by atoms with Crippen LogP contribution in [-0.2, 0) is 0 Å². The first-order chi connectivity index (χ1) is 18.5. The van der Waals surface area contributed by atoms with Gasteiger partial charge in [-0.2, -0.15) is 0 Å². The number of pyridine rings is 1. The Bertz CT molecular complexity index is 1660. The number of imidazole rings is 2. The number of carbonyl (C=O) groups excluding carboxylic acids is 1. The highest BCUT2D eigenvalue weighted by Crippen LogP contribution is 2.32. The monoisotopic (exact) mass is 543 g/mol. The van der Waals surface area contributed by atoms with Crippen LogP contribution in [-0.4, -0.2) is 36.0 Å². The molecule has 0 saturated heterocycles. The van der Waals surface area contributed by atoms with Crippen molar-refractivity contribution in [3.8, 4) is 17.0 Å². The quantitative estimate of drug-likeness (QED) is 0.261. The Kier molecular flexibility index (Phi) is 7.43. The summed E-state index contributed by atoms with van der Waals surface area (Å²) in [7, 11) is 0. The topological polar surface area (TPSA) is 112 Å². The van der Waals surface area contributed by atoms with Crippen molar-refractivity contribution in [1.82, 2.24) is 23.8 Å². The predicted molar refractivity (Wildman–Crippen MR) is 138 cm³/mol. The molecule has 0 aliphatic carbocycles. The van der Waals surface area contributed by atoms with E-state index in [0.717, 1.165) is 24.0 Å². The zero-order chi connectivity index (χ0) is 28.5. The summed E-state index contributed by atoms with van der Waals surface area (Å²) < 4.78 is 58.3. The Hall–Kier alpha value is -4.68. The highest BCUT2D eigenvalue weighted by Gasteiger charge is 2.32. The van der Waals surface area contributed by atoms with Crippen molar-refractivity contribution in [3.05, 3.63) is 72.5 Å². The molecular weight excluding hydrogens is 518 g/mol. The standard InChI is InChI=1S/C24H19F4N7O2.C2H6/c1-12(2)22-33-19(20-21(29)30-6-8-35(20)22)13-5-7-34-16(11-31-18(34)9-13)23(36)32-14-3-4-15(25)17(10-14)37-24(26,27)28;1-2/h3-12H,1-2H3,(H2,29,30)(H,32,36);1-2H3. The summed E-state index contributed by atoms with van der Waals surface area (Å²) in [5.41, 5.74) is 8.52. The molecule has 0 saturated carbocycles. The first-order valence-corrected chi connectivity index (χ1v) is 12.0. The molecule has 39 heavy (non-hydrogen) atoms. The predicted octanol–water partition coefficient (Wildman–Crippen LogP) is 6.07. The average Bonchev–Trinajstić information content (AvgIpc) is 3.49. The van der Waals surface area contributed by atoms with Gasteiger partial charge in [0.1, 0.15) is 34.2 Å². The van der Waals surface area contributed by atoms with Crippen LogP contribution < -0.4 is 15.8 Å². The number of ether oxygens (including phenoxy) is 1. The minimum atomic E-state index is -5.08. The SMILES string of the molecule is CC.CC(C)c1nc(-c2ccn3c(C(=O)Nc4ccc(F)c(OC(F)(F)F)c4)cnc3c2)c2c(N)nccn12. The number of anilines is 2.